The summed E-state index contributed by atoms with van der Waals surface area (Å²) in [5.74, 6) is -1.55. The van der Waals surface area contributed by atoms with Gasteiger partial charge in [-0.2, -0.15) is 0 Å². The van der Waals surface area contributed by atoms with Gasteiger partial charge < -0.3 is 20.9 Å². The molecule has 0 saturated heterocycles. The van der Waals surface area contributed by atoms with Crippen molar-refractivity contribution in [3.8, 4) is 0 Å². The number of hydrogen-bond donors (Lipinski definition) is 3. The van der Waals surface area contributed by atoms with E-state index in [2.05, 4.69) is 37.9 Å². The smallest absolute Gasteiger partial charge is 0.314 e. The van der Waals surface area contributed by atoms with Crippen LogP contribution in [-0.4, -0.2) is 58.3 Å². The van der Waals surface area contributed by atoms with E-state index in [9.17, 15) is 14.4 Å². The molecule has 2 aliphatic rings. The maximum atomic E-state index is 13.0. The number of amides is 3. The Morgan fingerprint density at radius 2 is 1.85 bits per heavy atom. The fourth-order valence-corrected chi connectivity index (χ4v) is 5.36. The molecule has 0 radical (unpaired) electrons. The number of nitrogens with one attached hydrogen (secondary N) is 3. The van der Waals surface area contributed by atoms with Crippen LogP contribution in [0.15, 0.2) is 18.3 Å². The Balaban J connectivity index is 1.39. The Morgan fingerprint density at radius 3 is 2.58 bits per heavy atom. The second-order valence-corrected chi connectivity index (χ2v) is 10.0. The van der Waals surface area contributed by atoms with Crippen LogP contribution in [0.25, 0.3) is 0 Å². The van der Waals surface area contributed by atoms with Crippen LogP contribution in [0.5, 0.6) is 0 Å². The Morgan fingerprint density at radius 1 is 1.09 bits per heavy atom. The van der Waals surface area contributed by atoms with Gasteiger partial charge in [-0.1, -0.05) is 30.9 Å². The summed E-state index contributed by atoms with van der Waals surface area (Å²) in [6.07, 6.45) is 6.51. The van der Waals surface area contributed by atoms with E-state index in [0.29, 0.717) is 16.5 Å². The average Bonchev–Trinajstić information content (AvgIpc) is 3.10. The minimum absolute atomic E-state index is 0.224. The molecular formula is C22H27ClN6O3S. The van der Waals surface area contributed by atoms with Crippen molar-refractivity contribution in [2.45, 2.75) is 57.2 Å². The molecule has 3 heterocycles. The first-order valence-electron chi connectivity index (χ1n) is 11.1. The summed E-state index contributed by atoms with van der Waals surface area (Å²) < 4.78 is 0. The number of hydrogen-bond acceptors (Lipinski definition) is 7. The van der Waals surface area contributed by atoms with Crippen LogP contribution in [0.1, 0.15) is 52.5 Å². The first kappa shape index (κ1) is 23.6. The third-order valence-electron chi connectivity index (χ3n) is 5.94. The van der Waals surface area contributed by atoms with Crippen molar-refractivity contribution >= 4 is 46.5 Å². The lowest BCUT2D eigenvalue weighted by atomic mass is 10.0. The number of carbonyl (C=O) groups excluding carboxylic acids is 3. The van der Waals surface area contributed by atoms with Gasteiger partial charge in [-0.05, 0) is 32.0 Å². The van der Waals surface area contributed by atoms with Crippen LogP contribution in [0, 0.1) is 0 Å². The minimum atomic E-state index is -0.809. The number of halogens is 1. The number of aromatic nitrogens is 2. The van der Waals surface area contributed by atoms with Crippen molar-refractivity contribution in [3.63, 3.8) is 0 Å². The lowest BCUT2D eigenvalue weighted by molar-refractivity contribution is -0.136. The number of carbonyl (C=O) groups is 3. The number of thiazole rings is 1. The number of nitrogens with zero attached hydrogens (tertiary/aromatic N) is 3. The molecule has 176 valence electrons. The van der Waals surface area contributed by atoms with Gasteiger partial charge in [0.25, 0.3) is 5.91 Å². The second-order valence-electron chi connectivity index (χ2n) is 8.49. The summed E-state index contributed by atoms with van der Waals surface area (Å²) in [5.41, 5.74) is 1.00. The Labute approximate surface area is 201 Å². The summed E-state index contributed by atoms with van der Waals surface area (Å²) >= 11 is 7.23. The van der Waals surface area contributed by atoms with E-state index in [1.54, 1.807) is 6.07 Å². The van der Waals surface area contributed by atoms with E-state index >= 15 is 0 Å². The van der Waals surface area contributed by atoms with Gasteiger partial charge in [0.05, 0.1) is 10.7 Å². The predicted molar refractivity (Wildman–Crippen MR) is 126 cm³/mol. The molecule has 0 unspecified atom stereocenters. The van der Waals surface area contributed by atoms with E-state index in [-0.39, 0.29) is 23.8 Å². The summed E-state index contributed by atoms with van der Waals surface area (Å²) in [6.45, 7) is 1.74. The fourth-order valence-electron chi connectivity index (χ4n) is 4.16. The van der Waals surface area contributed by atoms with E-state index < -0.39 is 11.8 Å². The second kappa shape index (κ2) is 10.6. The third-order valence-corrected chi connectivity index (χ3v) is 7.25. The molecule has 0 bridgehead atoms. The van der Waals surface area contributed by atoms with Gasteiger partial charge in [0.2, 0.25) is 0 Å². The van der Waals surface area contributed by atoms with Crippen LogP contribution in [0.4, 0.5) is 5.82 Å². The number of likely N-dealkylation sites (N-methyl/N-ethyl adjacent to an activating group) is 1. The molecule has 1 aliphatic carbocycles. The summed E-state index contributed by atoms with van der Waals surface area (Å²) in [5, 5.41) is 9.23. The summed E-state index contributed by atoms with van der Waals surface area (Å²) in [4.78, 5) is 49.7. The molecule has 4 rings (SSSR count). The molecule has 3 amide bonds. The first-order chi connectivity index (χ1) is 15.9. The van der Waals surface area contributed by atoms with E-state index in [1.165, 1.54) is 23.6 Å². The molecule has 9 nitrogen and oxygen atoms in total. The van der Waals surface area contributed by atoms with Gasteiger partial charge in [0.1, 0.15) is 5.82 Å². The maximum Gasteiger partial charge on any atom is 0.314 e. The van der Waals surface area contributed by atoms with Gasteiger partial charge in [-0.15, -0.1) is 11.3 Å². The van der Waals surface area contributed by atoms with Crippen molar-refractivity contribution in [1.82, 2.24) is 25.5 Å². The quantitative estimate of drug-likeness (QED) is 0.447. The molecule has 0 aromatic carbocycles. The van der Waals surface area contributed by atoms with Crippen molar-refractivity contribution in [2.24, 2.45) is 0 Å². The SMILES string of the molecule is CN1CCc2nc(C(=O)N[C@@H]3CCCCC[C@H]3NC(=O)C(=O)Nc3ccc(Cl)cn3)sc2C1. The van der Waals surface area contributed by atoms with Crippen LogP contribution in [0.3, 0.4) is 0 Å². The average molecular weight is 491 g/mol. The van der Waals surface area contributed by atoms with Crippen LogP contribution in [-0.2, 0) is 22.6 Å². The van der Waals surface area contributed by atoms with E-state index in [4.69, 9.17) is 11.6 Å². The number of anilines is 1. The number of rotatable bonds is 4. The Kier molecular flexibility index (Phi) is 7.56. The highest BCUT2D eigenvalue weighted by Gasteiger charge is 2.30. The molecule has 3 N–H and O–H groups in total. The fraction of sp³-hybridized carbons (Fsp3) is 0.500. The molecule has 33 heavy (non-hydrogen) atoms. The minimum Gasteiger partial charge on any atom is -0.345 e. The highest BCUT2D eigenvalue weighted by atomic mass is 35.5. The van der Waals surface area contributed by atoms with Crippen molar-refractivity contribution in [3.05, 3.63) is 38.9 Å². The first-order valence-corrected chi connectivity index (χ1v) is 12.3. The normalized spacial score (nSPS) is 20.9. The van der Waals surface area contributed by atoms with Crippen LogP contribution < -0.4 is 16.0 Å². The Hall–Kier alpha value is -2.56. The molecule has 2 aromatic heterocycles. The zero-order valence-electron chi connectivity index (χ0n) is 18.4. The molecular weight excluding hydrogens is 464 g/mol. The molecule has 1 saturated carbocycles. The summed E-state index contributed by atoms with van der Waals surface area (Å²) in [6, 6.07) is 2.49. The van der Waals surface area contributed by atoms with Gasteiger partial charge in [0.15, 0.2) is 5.01 Å². The molecule has 1 aliphatic heterocycles. The number of fused-ring (bicyclic) bond motifs is 1. The zero-order valence-corrected chi connectivity index (χ0v) is 20.0. The number of pyridine rings is 1. The van der Waals surface area contributed by atoms with E-state index in [1.807, 2.05) is 0 Å². The predicted octanol–water partition coefficient (Wildman–Crippen LogP) is 2.37. The Bertz CT molecular complexity index is 1030. The van der Waals surface area contributed by atoms with Crippen molar-refractivity contribution in [2.75, 3.05) is 18.9 Å². The maximum absolute atomic E-state index is 13.0. The highest BCUT2D eigenvalue weighted by molar-refractivity contribution is 7.13. The topological polar surface area (TPSA) is 116 Å². The van der Waals surface area contributed by atoms with Gasteiger partial charge in [0, 0.05) is 42.7 Å². The molecule has 11 heteroatoms. The zero-order chi connectivity index (χ0) is 23.4. The van der Waals surface area contributed by atoms with Crippen molar-refractivity contribution < 1.29 is 14.4 Å². The summed E-state index contributed by atoms with van der Waals surface area (Å²) in [7, 11) is 2.06. The monoisotopic (exact) mass is 490 g/mol. The van der Waals surface area contributed by atoms with Crippen LogP contribution >= 0.6 is 22.9 Å². The van der Waals surface area contributed by atoms with Gasteiger partial charge >= 0.3 is 11.8 Å². The molecule has 2 atom stereocenters. The lowest BCUT2D eigenvalue weighted by Crippen LogP contribution is -2.53. The molecule has 2 aromatic rings. The van der Waals surface area contributed by atoms with Gasteiger partial charge in [-0.25, -0.2) is 9.97 Å². The highest BCUT2D eigenvalue weighted by Crippen LogP contribution is 2.25. The van der Waals surface area contributed by atoms with E-state index in [0.717, 1.165) is 55.8 Å². The largest absolute Gasteiger partial charge is 0.345 e. The van der Waals surface area contributed by atoms with Crippen LogP contribution in [0.2, 0.25) is 5.02 Å². The standard InChI is InChI=1S/C22H27ClN6O3S/c1-29-10-9-16-17(12-29)33-22(27-16)21(32)26-15-6-4-2-3-5-14(15)25-19(30)20(31)28-18-8-7-13(23)11-24-18/h7-8,11,14-15H,2-6,9-10,12H2,1H3,(H,25,30)(H,26,32)(H,24,28,31)/t14-,15-/m1/s1. The van der Waals surface area contributed by atoms with Gasteiger partial charge in [-0.3, -0.25) is 14.4 Å². The molecule has 1 fully saturated rings. The van der Waals surface area contributed by atoms with Crippen molar-refractivity contribution in [1.29, 1.82) is 0 Å². The molecule has 0 spiro atoms. The third kappa shape index (κ3) is 6.07. The lowest BCUT2D eigenvalue weighted by Gasteiger charge is -2.26.